The van der Waals surface area contributed by atoms with Crippen molar-refractivity contribution in [3.63, 3.8) is 0 Å². The molecule has 3 nitrogen and oxygen atoms in total. The summed E-state index contributed by atoms with van der Waals surface area (Å²) in [6, 6.07) is 0. The number of hydrogen-bond donors (Lipinski definition) is 0. The van der Waals surface area contributed by atoms with Gasteiger partial charge >= 0.3 is 5.97 Å². The topological polar surface area (TPSA) is 43.4 Å². The molecule has 0 aromatic heterocycles. The molecule has 0 fully saturated rings. The van der Waals surface area contributed by atoms with Crippen LogP contribution in [0.25, 0.3) is 0 Å². The first-order valence-corrected chi connectivity index (χ1v) is 5.10. The highest BCUT2D eigenvalue weighted by atomic mass is 16.6. The molecule has 0 aromatic rings. The van der Waals surface area contributed by atoms with E-state index in [2.05, 4.69) is 0 Å². The Morgan fingerprint density at radius 3 is 2.27 bits per heavy atom. The van der Waals surface area contributed by atoms with E-state index in [1.54, 1.807) is 26.8 Å². The number of Topliss-reactive ketones (excluding diaryl/α,β-unsaturated/α-hetero) is 1. The third-order valence-corrected chi connectivity index (χ3v) is 2.07. The molecule has 84 valence electrons. The second-order valence-corrected chi connectivity index (χ2v) is 5.65. The monoisotopic (exact) mass is 210 g/mol. The van der Waals surface area contributed by atoms with E-state index in [0.717, 1.165) is 0 Å². The fourth-order valence-corrected chi connectivity index (χ4v) is 1.54. The lowest BCUT2D eigenvalue weighted by Crippen LogP contribution is -2.26. The second kappa shape index (κ2) is 3.47. The number of carbonyl (C=O) groups excluding carboxylic acids is 2. The fourth-order valence-electron chi connectivity index (χ4n) is 1.54. The summed E-state index contributed by atoms with van der Waals surface area (Å²) in [6.45, 7) is 9.23. The van der Waals surface area contributed by atoms with E-state index >= 15 is 0 Å². The van der Waals surface area contributed by atoms with E-state index < -0.39 is 11.6 Å². The van der Waals surface area contributed by atoms with Crippen LogP contribution in [-0.4, -0.2) is 17.4 Å². The van der Waals surface area contributed by atoms with E-state index in [1.807, 2.05) is 13.8 Å². The molecule has 0 radical (unpaired) electrons. The van der Waals surface area contributed by atoms with Crippen molar-refractivity contribution in [1.82, 2.24) is 0 Å². The van der Waals surface area contributed by atoms with Crippen LogP contribution in [0.2, 0.25) is 0 Å². The molecule has 0 bridgehead atoms. The molecule has 0 spiro atoms. The Morgan fingerprint density at radius 1 is 1.40 bits per heavy atom. The number of ether oxygens (including phenoxy) is 1. The van der Waals surface area contributed by atoms with Gasteiger partial charge in [-0.3, -0.25) is 4.79 Å². The van der Waals surface area contributed by atoms with Gasteiger partial charge in [-0.1, -0.05) is 19.9 Å². The first kappa shape index (κ1) is 12.0. The van der Waals surface area contributed by atoms with Gasteiger partial charge in [-0.05, 0) is 26.2 Å². The molecule has 1 aliphatic rings. The Morgan fingerprint density at radius 2 is 1.93 bits per heavy atom. The van der Waals surface area contributed by atoms with Gasteiger partial charge in [-0.2, -0.15) is 0 Å². The normalized spacial score (nSPS) is 20.1. The highest BCUT2D eigenvalue weighted by Crippen LogP contribution is 2.33. The number of rotatable bonds is 1. The van der Waals surface area contributed by atoms with Crippen LogP contribution in [0, 0.1) is 5.41 Å². The van der Waals surface area contributed by atoms with E-state index in [0.29, 0.717) is 6.42 Å². The molecule has 0 atom stereocenters. The Hall–Kier alpha value is -1.12. The first-order valence-electron chi connectivity index (χ1n) is 5.10. The molecule has 0 saturated carbocycles. The van der Waals surface area contributed by atoms with Crippen LogP contribution in [0.15, 0.2) is 11.6 Å². The van der Waals surface area contributed by atoms with Crippen molar-refractivity contribution in [3.8, 4) is 0 Å². The molecule has 3 heteroatoms. The molecule has 0 aliphatic heterocycles. The van der Waals surface area contributed by atoms with Gasteiger partial charge in [0.25, 0.3) is 0 Å². The highest BCUT2D eigenvalue weighted by Gasteiger charge is 2.35. The van der Waals surface area contributed by atoms with Crippen molar-refractivity contribution < 1.29 is 14.3 Å². The van der Waals surface area contributed by atoms with E-state index in [1.165, 1.54) is 0 Å². The number of carbonyl (C=O) groups is 2. The number of allylic oxidation sites excluding steroid dienone is 1. The summed E-state index contributed by atoms with van der Waals surface area (Å²) in [5.74, 6) is -0.618. The Bertz CT molecular complexity index is 329. The average Bonchev–Trinajstić information content (AvgIpc) is 2.20. The maximum Gasteiger partial charge on any atom is 0.341 e. The molecular weight excluding hydrogens is 192 g/mol. The SMILES string of the molecule is CC1(C)C=C(C(=O)OC(C)(C)C)C(=O)C1. The summed E-state index contributed by atoms with van der Waals surface area (Å²) in [7, 11) is 0. The number of ketones is 1. The van der Waals surface area contributed by atoms with Crippen molar-refractivity contribution in [1.29, 1.82) is 0 Å². The minimum Gasteiger partial charge on any atom is -0.456 e. The third kappa shape index (κ3) is 3.18. The largest absolute Gasteiger partial charge is 0.456 e. The molecule has 0 N–H and O–H groups in total. The van der Waals surface area contributed by atoms with Gasteiger partial charge in [0.05, 0.1) is 5.57 Å². The third-order valence-electron chi connectivity index (χ3n) is 2.07. The van der Waals surface area contributed by atoms with Crippen LogP contribution in [0.5, 0.6) is 0 Å². The van der Waals surface area contributed by atoms with Crippen LogP contribution in [0.3, 0.4) is 0 Å². The van der Waals surface area contributed by atoms with Gasteiger partial charge in [-0.15, -0.1) is 0 Å². The minimum atomic E-state index is -0.551. The van der Waals surface area contributed by atoms with Gasteiger partial charge < -0.3 is 4.74 Å². The standard InChI is InChI=1S/C12H18O3/c1-11(2,3)15-10(14)8-6-12(4,5)7-9(8)13/h6H,7H2,1-5H3. The van der Waals surface area contributed by atoms with Gasteiger partial charge in [0.15, 0.2) is 5.78 Å². The number of esters is 1. The summed E-state index contributed by atoms with van der Waals surface area (Å²) < 4.78 is 5.16. The molecule has 0 aromatic carbocycles. The first-order chi connectivity index (χ1) is 6.61. The van der Waals surface area contributed by atoms with E-state index in [4.69, 9.17) is 4.74 Å². The number of hydrogen-bond acceptors (Lipinski definition) is 3. The lowest BCUT2D eigenvalue weighted by molar-refractivity contribution is -0.150. The summed E-state index contributed by atoms with van der Waals surface area (Å²) in [5.41, 5.74) is -0.566. The van der Waals surface area contributed by atoms with Gasteiger partial charge in [-0.25, -0.2) is 4.79 Å². The fraction of sp³-hybridized carbons (Fsp3) is 0.667. The predicted molar refractivity (Wildman–Crippen MR) is 57.3 cm³/mol. The van der Waals surface area contributed by atoms with Crippen molar-refractivity contribution >= 4 is 11.8 Å². The van der Waals surface area contributed by atoms with Crippen LogP contribution in [0.1, 0.15) is 41.0 Å². The van der Waals surface area contributed by atoms with Gasteiger partial charge in [0.2, 0.25) is 0 Å². The summed E-state index contributed by atoms with van der Waals surface area (Å²) in [4.78, 5) is 23.2. The lowest BCUT2D eigenvalue weighted by atomic mass is 9.93. The van der Waals surface area contributed by atoms with E-state index in [9.17, 15) is 9.59 Å². The van der Waals surface area contributed by atoms with Crippen LogP contribution in [0.4, 0.5) is 0 Å². The maximum absolute atomic E-state index is 11.6. The highest BCUT2D eigenvalue weighted by molar-refractivity contribution is 6.19. The van der Waals surface area contributed by atoms with Crippen molar-refractivity contribution in [2.45, 2.75) is 46.6 Å². The minimum absolute atomic E-state index is 0.116. The Balaban J connectivity index is 2.82. The zero-order valence-corrected chi connectivity index (χ0v) is 10.0. The summed E-state index contributed by atoms with van der Waals surface area (Å²) >= 11 is 0. The smallest absolute Gasteiger partial charge is 0.341 e. The average molecular weight is 210 g/mol. The molecule has 1 aliphatic carbocycles. The Kier molecular flexibility index (Phi) is 2.77. The molecule has 0 unspecified atom stereocenters. The Labute approximate surface area is 90.5 Å². The molecule has 0 amide bonds. The van der Waals surface area contributed by atoms with E-state index in [-0.39, 0.29) is 16.8 Å². The summed E-state index contributed by atoms with van der Waals surface area (Å²) in [5, 5.41) is 0. The molecular formula is C12H18O3. The van der Waals surface area contributed by atoms with Gasteiger partial charge in [0, 0.05) is 6.42 Å². The quantitative estimate of drug-likeness (QED) is 0.492. The van der Waals surface area contributed by atoms with Crippen LogP contribution in [-0.2, 0) is 14.3 Å². The molecule has 15 heavy (non-hydrogen) atoms. The second-order valence-electron chi connectivity index (χ2n) is 5.65. The maximum atomic E-state index is 11.6. The summed E-state index contributed by atoms with van der Waals surface area (Å²) in [6.07, 6.45) is 2.10. The molecule has 0 saturated heterocycles. The van der Waals surface area contributed by atoms with Gasteiger partial charge in [0.1, 0.15) is 5.60 Å². The predicted octanol–water partition coefficient (Wildman–Crippen LogP) is 2.25. The van der Waals surface area contributed by atoms with Crippen molar-refractivity contribution in [2.75, 3.05) is 0 Å². The molecule has 1 rings (SSSR count). The zero-order valence-electron chi connectivity index (χ0n) is 10.0. The van der Waals surface area contributed by atoms with Crippen LogP contribution >= 0.6 is 0 Å². The zero-order chi connectivity index (χ0) is 11.9. The van der Waals surface area contributed by atoms with Crippen molar-refractivity contribution in [3.05, 3.63) is 11.6 Å². The van der Waals surface area contributed by atoms with Crippen LogP contribution < -0.4 is 0 Å². The van der Waals surface area contributed by atoms with Crippen molar-refractivity contribution in [2.24, 2.45) is 5.41 Å². The lowest BCUT2D eigenvalue weighted by Gasteiger charge is -2.19. The molecule has 0 heterocycles.